The zero-order chi connectivity index (χ0) is 10.8. The van der Waals surface area contributed by atoms with Crippen LogP contribution in [0.1, 0.15) is 11.3 Å². The summed E-state index contributed by atoms with van der Waals surface area (Å²) in [5, 5.41) is 8.34. The second-order valence-corrected chi connectivity index (χ2v) is 3.46. The zero-order valence-electron chi connectivity index (χ0n) is 7.16. The minimum absolute atomic E-state index is 0.0880. The number of rotatable bonds is 4. The average molecular weight is 223 g/mol. The van der Waals surface area contributed by atoms with Crippen molar-refractivity contribution in [3.8, 4) is 5.19 Å². The number of hydrogen-bond donors (Lipinski definition) is 1. The van der Waals surface area contributed by atoms with Crippen LogP contribution in [0, 0.1) is 0 Å². The molecule has 14 heavy (non-hydrogen) atoms. The molecule has 1 rings (SSSR count). The van der Waals surface area contributed by atoms with Crippen molar-refractivity contribution in [3.63, 3.8) is 0 Å². The molecule has 0 aliphatic heterocycles. The van der Waals surface area contributed by atoms with E-state index in [2.05, 4.69) is 9.72 Å². The largest absolute Gasteiger partial charge is 0.481 e. The van der Waals surface area contributed by atoms with Crippen molar-refractivity contribution in [1.82, 2.24) is 4.98 Å². The molecule has 0 bridgehead atoms. The Morgan fingerprint density at radius 2 is 2.43 bits per heavy atom. The maximum Gasteiger partial charge on any atom is 0.309 e. The number of carboxylic acids is 1. The van der Waals surface area contributed by atoms with Crippen molar-refractivity contribution < 1.29 is 23.4 Å². The summed E-state index contributed by atoms with van der Waals surface area (Å²) in [6.45, 7) is 0. The summed E-state index contributed by atoms with van der Waals surface area (Å²) in [5.74, 6) is -4.94. The predicted molar refractivity (Wildman–Crippen MR) is 44.8 cm³/mol. The number of carboxylic acid groups (broad SMARTS) is 1. The highest BCUT2D eigenvalue weighted by Crippen LogP contribution is 2.37. The van der Waals surface area contributed by atoms with E-state index in [1.807, 2.05) is 0 Å². The molecule has 4 nitrogen and oxygen atoms in total. The highest BCUT2D eigenvalue weighted by molar-refractivity contribution is 7.13. The summed E-state index contributed by atoms with van der Waals surface area (Å²) in [6, 6.07) is 0. The third-order valence-electron chi connectivity index (χ3n) is 1.39. The van der Waals surface area contributed by atoms with Crippen LogP contribution in [-0.4, -0.2) is 23.2 Å². The fourth-order valence-corrected chi connectivity index (χ4v) is 1.50. The van der Waals surface area contributed by atoms with Gasteiger partial charge in [0.25, 0.3) is 11.1 Å². The quantitative estimate of drug-likeness (QED) is 0.844. The smallest absolute Gasteiger partial charge is 0.309 e. The molecule has 0 aliphatic carbocycles. The van der Waals surface area contributed by atoms with Crippen LogP contribution < -0.4 is 4.74 Å². The molecule has 0 fully saturated rings. The molecule has 7 heteroatoms. The average Bonchev–Trinajstić information content (AvgIpc) is 2.49. The Morgan fingerprint density at radius 3 is 2.86 bits per heavy atom. The summed E-state index contributed by atoms with van der Waals surface area (Å²) in [5.41, 5.74) is 0. The molecule has 0 atom stereocenters. The van der Waals surface area contributed by atoms with E-state index >= 15 is 0 Å². The number of aliphatic carboxylic acids is 1. The SMILES string of the molecule is COc1ncc(C(F)(F)CC(=O)O)s1. The summed E-state index contributed by atoms with van der Waals surface area (Å²) >= 11 is 0.635. The highest BCUT2D eigenvalue weighted by atomic mass is 32.1. The van der Waals surface area contributed by atoms with Gasteiger partial charge in [-0.3, -0.25) is 4.79 Å². The molecule has 0 amide bonds. The molecule has 0 spiro atoms. The number of alkyl halides is 2. The van der Waals surface area contributed by atoms with Gasteiger partial charge in [0.15, 0.2) is 0 Å². The lowest BCUT2D eigenvalue weighted by molar-refractivity contribution is -0.145. The Hall–Kier alpha value is -1.24. The van der Waals surface area contributed by atoms with Crippen LogP contribution in [0.4, 0.5) is 8.78 Å². The van der Waals surface area contributed by atoms with Gasteiger partial charge in [0, 0.05) is 0 Å². The third kappa shape index (κ3) is 2.38. The van der Waals surface area contributed by atoms with E-state index < -0.39 is 23.2 Å². The topological polar surface area (TPSA) is 59.4 Å². The van der Waals surface area contributed by atoms with E-state index in [1.54, 1.807) is 0 Å². The van der Waals surface area contributed by atoms with Gasteiger partial charge in [-0.2, -0.15) is 8.78 Å². The molecule has 0 saturated carbocycles. The first-order valence-electron chi connectivity index (χ1n) is 3.55. The van der Waals surface area contributed by atoms with Gasteiger partial charge in [0.2, 0.25) is 0 Å². The van der Waals surface area contributed by atoms with Crippen LogP contribution in [0.5, 0.6) is 5.19 Å². The van der Waals surface area contributed by atoms with E-state index in [0.717, 1.165) is 6.20 Å². The van der Waals surface area contributed by atoms with E-state index in [4.69, 9.17) is 5.11 Å². The number of methoxy groups -OCH3 is 1. The maximum absolute atomic E-state index is 13.1. The fraction of sp³-hybridized carbons (Fsp3) is 0.429. The number of hydrogen-bond acceptors (Lipinski definition) is 4. The van der Waals surface area contributed by atoms with Crippen molar-refractivity contribution in [1.29, 1.82) is 0 Å². The lowest BCUT2D eigenvalue weighted by Gasteiger charge is -2.09. The lowest BCUT2D eigenvalue weighted by Crippen LogP contribution is -2.16. The van der Waals surface area contributed by atoms with Gasteiger partial charge in [-0.05, 0) is 0 Å². The number of aromatic nitrogens is 1. The molecule has 0 aliphatic rings. The molecule has 0 aromatic carbocycles. The van der Waals surface area contributed by atoms with Crippen molar-refractivity contribution in [3.05, 3.63) is 11.1 Å². The number of carbonyl (C=O) groups is 1. The molecule has 0 radical (unpaired) electrons. The second-order valence-electron chi connectivity index (χ2n) is 2.47. The van der Waals surface area contributed by atoms with E-state index in [1.165, 1.54) is 7.11 Å². The summed E-state index contributed by atoms with van der Waals surface area (Å²) < 4.78 is 30.8. The number of halogens is 2. The number of thiazole rings is 1. The third-order valence-corrected chi connectivity index (χ3v) is 2.46. The zero-order valence-corrected chi connectivity index (χ0v) is 7.98. The number of ether oxygens (including phenoxy) is 1. The first-order chi connectivity index (χ1) is 6.45. The van der Waals surface area contributed by atoms with Crippen molar-refractivity contribution in [2.45, 2.75) is 12.3 Å². The van der Waals surface area contributed by atoms with Crippen LogP contribution in [0.3, 0.4) is 0 Å². The van der Waals surface area contributed by atoms with E-state index in [9.17, 15) is 13.6 Å². The standard InChI is InChI=1S/C7H7F2NO3S/c1-13-6-10-3-4(14-6)7(8,9)2-5(11)12/h3H,2H2,1H3,(H,11,12). The molecule has 1 heterocycles. The first-order valence-corrected chi connectivity index (χ1v) is 4.37. The molecular weight excluding hydrogens is 216 g/mol. The van der Waals surface area contributed by atoms with Crippen LogP contribution in [-0.2, 0) is 10.7 Å². The predicted octanol–water partition coefficient (Wildman–Crippen LogP) is 1.72. The minimum Gasteiger partial charge on any atom is -0.481 e. The number of nitrogens with zero attached hydrogens (tertiary/aromatic N) is 1. The van der Waals surface area contributed by atoms with Crippen molar-refractivity contribution >= 4 is 17.3 Å². The first kappa shape index (κ1) is 10.8. The molecule has 1 N–H and O–H groups in total. The van der Waals surface area contributed by atoms with Crippen LogP contribution in [0.2, 0.25) is 0 Å². The Morgan fingerprint density at radius 1 is 1.79 bits per heavy atom. The van der Waals surface area contributed by atoms with Crippen LogP contribution in [0.25, 0.3) is 0 Å². The van der Waals surface area contributed by atoms with Gasteiger partial charge < -0.3 is 9.84 Å². The van der Waals surface area contributed by atoms with Gasteiger partial charge in [-0.1, -0.05) is 11.3 Å². The Labute approximate surface area is 82.2 Å². The minimum atomic E-state index is -3.39. The van der Waals surface area contributed by atoms with Gasteiger partial charge >= 0.3 is 5.97 Å². The monoisotopic (exact) mass is 223 g/mol. The van der Waals surface area contributed by atoms with Gasteiger partial charge in [0.1, 0.15) is 6.42 Å². The Kier molecular flexibility index (Phi) is 3.00. The Balaban J connectivity index is 2.85. The normalized spacial score (nSPS) is 11.4. The maximum atomic E-state index is 13.1. The summed E-state index contributed by atoms with van der Waals surface area (Å²) in [6.07, 6.45) is -0.315. The van der Waals surface area contributed by atoms with Crippen molar-refractivity contribution in [2.24, 2.45) is 0 Å². The highest BCUT2D eigenvalue weighted by Gasteiger charge is 2.37. The van der Waals surface area contributed by atoms with E-state index in [0.29, 0.717) is 11.3 Å². The molecule has 0 unspecified atom stereocenters. The molecule has 1 aromatic heterocycles. The molecule has 0 saturated heterocycles. The summed E-state index contributed by atoms with van der Waals surface area (Å²) in [7, 11) is 1.30. The van der Waals surface area contributed by atoms with Crippen LogP contribution >= 0.6 is 11.3 Å². The lowest BCUT2D eigenvalue weighted by atomic mass is 10.2. The van der Waals surface area contributed by atoms with Crippen molar-refractivity contribution in [2.75, 3.05) is 7.11 Å². The fourth-order valence-electron chi connectivity index (χ4n) is 0.799. The molecular formula is C7H7F2NO3S. The van der Waals surface area contributed by atoms with Gasteiger partial charge in [0.05, 0.1) is 18.2 Å². The van der Waals surface area contributed by atoms with Crippen LogP contribution in [0.15, 0.2) is 6.20 Å². The van der Waals surface area contributed by atoms with Gasteiger partial charge in [-0.15, -0.1) is 0 Å². The van der Waals surface area contributed by atoms with E-state index in [-0.39, 0.29) is 5.19 Å². The Bertz CT molecular complexity index is 339. The molecule has 1 aromatic rings. The van der Waals surface area contributed by atoms with Gasteiger partial charge in [-0.25, -0.2) is 4.98 Å². The molecule has 78 valence electrons. The summed E-state index contributed by atoms with van der Waals surface area (Å²) in [4.78, 5) is 13.3. The second kappa shape index (κ2) is 3.87.